The summed E-state index contributed by atoms with van der Waals surface area (Å²) in [5.74, 6) is -1.31. The number of urea groups is 1. The summed E-state index contributed by atoms with van der Waals surface area (Å²) in [6, 6.07) is -0.396. The molecule has 0 aromatic rings. The lowest BCUT2D eigenvalue weighted by molar-refractivity contribution is -0.149. The van der Waals surface area contributed by atoms with E-state index in [0.717, 1.165) is 12.8 Å². The van der Waals surface area contributed by atoms with Gasteiger partial charge < -0.3 is 44.5 Å². The highest BCUT2D eigenvalue weighted by atomic mass is 16.6. The molecule has 1 saturated carbocycles. The molecule has 3 N–H and O–H groups in total. The first-order valence-electron chi connectivity index (χ1n) is 19.2. The number of carbonyl (C=O) groups excluding carboxylic acids is 6. The number of ether oxygens (including phenoxy) is 5. The third-order valence-electron chi connectivity index (χ3n) is 9.03. The summed E-state index contributed by atoms with van der Waals surface area (Å²) in [6.45, 7) is 25.5. The molecule has 0 saturated heterocycles. The van der Waals surface area contributed by atoms with Gasteiger partial charge in [0.15, 0.2) is 0 Å². The van der Waals surface area contributed by atoms with E-state index in [1.807, 2.05) is 48.5 Å². The maximum Gasteiger partial charge on any atom is 0.407 e. The van der Waals surface area contributed by atoms with Crippen molar-refractivity contribution in [3.05, 3.63) is 12.2 Å². The molecule has 15 nitrogen and oxygen atoms in total. The molecule has 0 aliphatic heterocycles. The number of rotatable bonds is 20. The van der Waals surface area contributed by atoms with Crippen molar-refractivity contribution >= 4 is 36.1 Å². The summed E-state index contributed by atoms with van der Waals surface area (Å²) in [6.07, 6.45) is 2.25. The van der Waals surface area contributed by atoms with Crippen LogP contribution in [0.4, 0.5) is 14.4 Å². The highest BCUT2D eigenvalue weighted by molar-refractivity contribution is 5.87. The lowest BCUT2D eigenvalue weighted by Crippen LogP contribution is -2.57. The molecule has 0 spiro atoms. The number of nitrogens with zero attached hydrogens (tertiary/aromatic N) is 1. The van der Waals surface area contributed by atoms with Gasteiger partial charge in [0.1, 0.15) is 19.8 Å². The zero-order valence-corrected chi connectivity index (χ0v) is 35.6. The molecular weight excluding hydrogens is 712 g/mol. The number of carbonyl (C=O) groups is 6. The zero-order valence-electron chi connectivity index (χ0n) is 35.6. The highest BCUT2D eigenvalue weighted by Crippen LogP contribution is 2.46. The molecule has 15 heteroatoms. The van der Waals surface area contributed by atoms with Crippen molar-refractivity contribution in [1.29, 1.82) is 0 Å². The largest absolute Gasteiger partial charge is 0.465 e. The number of esters is 3. The van der Waals surface area contributed by atoms with Gasteiger partial charge in [-0.3, -0.25) is 9.59 Å². The van der Waals surface area contributed by atoms with E-state index >= 15 is 0 Å². The minimum Gasteiger partial charge on any atom is -0.465 e. The van der Waals surface area contributed by atoms with Gasteiger partial charge in [-0.1, -0.05) is 55.0 Å². The van der Waals surface area contributed by atoms with Crippen LogP contribution < -0.4 is 16.0 Å². The van der Waals surface area contributed by atoms with Crippen molar-refractivity contribution in [2.24, 2.45) is 21.7 Å². The Hall–Kier alpha value is -4.04. The van der Waals surface area contributed by atoms with Gasteiger partial charge in [-0.15, -0.1) is 0 Å². The van der Waals surface area contributed by atoms with Crippen LogP contribution in [0.2, 0.25) is 0 Å². The Morgan fingerprint density at radius 2 is 1.24 bits per heavy atom. The molecular formula is C40H70N4O11. The van der Waals surface area contributed by atoms with E-state index in [1.165, 1.54) is 7.05 Å². The summed E-state index contributed by atoms with van der Waals surface area (Å²) in [5, 5.41) is 8.46. The fourth-order valence-electron chi connectivity index (χ4n) is 6.47. The van der Waals surface area contributed by atoms with Crippen LogP contribution in [0, 0.1) is 21.7 Å². The standard InChI is InChI=1S/C40H70N4O11/c1-28(2)32(47)51-19-18-44(36(3,4)5)33(48)43-29-20-37(6,7)22-40(12,21-29)23-42-35(50)55-27-39(10,11)25-53-31(46)17-15-14-16-30(45)52-24-38(8,9)26-54-34(49)41-13/h29H,1,14-27H2,2-13H3,(H,41,49)(H,42,50)(H,43,48). The van der Waals surface area contributed by atoms with Crippen LogP contribution in [0.25, 0.3) is 0 Å². The number of unbranched alkanes of at least 4 members (excludes halogenated alkanes) is 1. The van der Waals surface area contributed by atoms with Crippen LogP contribution in [0.5, 0.6) is 0 Å². The number of hydrogen-bond donors (Lipinski definition) is 3. The van der Waals surface area contributed by atoms with Crippen molar-refractivity contribution in [3.8, 4) is 0 Å². The van der Waals surface area contributed by atoms with Crippen LogP contribution in [0.3, 0.4) is 0 Å². The molecule has 1 aliphatic rings. The van der Waals surface area contributed by atoms with Gasteiger partial charge in [0.25, 0.3) is 0 Å². The number of amides is 4. The minimum atomic E-state index is -0.640. The number of hydrogen-bond acceptors (Lipinski definition) is 11. The summed E-state index contributed by atoms with van der Waals surface area (Å²) < 4.78 is 26.5. The second-order valence-corrected chi connectivity index (χ2v) is 18.6. The summed E-state index contributed by atoms with van der Waals surface area (Å²) in [7, 11) is 1.46. The first kappa shape index (κ1) is 49.0. The molecule has 0 heterocycles. The van der Waals surface area contributed by atoms with E-state index in [9.17, 15) is 28.8 Å². The average molecular weight is 783 g/mol. The van der Waals surface area contributed by atoms with Gasteiger partial charge in [0.2, 0.25) is 0 Å². The fourth-order valence-corrected chi connectivity index (χ4v) is 6.47. The predicted molar refractivity (Wildman–Crippen MR) is 208 cm³/mol. The Bertz CT molecular complexity index is 1340. The Balaban J connectivity index is 2.51. The Morgan fingerprint density at radius 1 is 0.745 bits per heavy atom. The second-order valence-electron chi connectivity index (χ2n) is 18.6. The maximum absolute atomic E-state index is 13.5. The van der Waals surface area contributed by atoms with E-state index in [1.54, 1.807) is 11.8 Å². The molecule has 0 aromatic carbocycles. The molecule has 316 valence electrons. The van der Waals surface area contributed by atoms with E-state index in [-0.39, 0.29) is 75.3 Å². The first-order chi connectivity index (χ1) is 25.2. The normalized spacial score (nSPS) is 18.2. The van der Waals surface area contributed by atoms with Crippen LogP contribution >= 0.6 is 0 Å². The highest BCUT2D eigenvalue weighted by Gasteiger charge is 2.43. The van der Waals surface area contributed by atoms with Crippen LogP contribution in [-0.2, 0) is 38.1 Å². The third kappa shape index (κ3) is 20.5. The lowest BCUT2D eigenvalue weighted by Gasteiger charge is -2.47. The van der Waals surface area contributed by atoms with E-state index in [0.29, 0.717) is 31.4 Å². The molecule has 55 heavy (non-hydrogen) atoms. The molecule has 2 atom stereocenters. The fraction of sp³-hybridized carbons (Fsp3) is 0.800. The molecule has 0 radical (unpaired) electrons. The molecule has 0 bridgehead atoms. The second kappa shape index (κ2) is 21.3. The smallest absolute Gasteiger partial charge is 0.407 e. The minimum absolute atomic E-state index is 0.0215. The summed E-state index contributed by atoms with van der Waals surface area (Å²) in [5.41, 5.74) is -1.85. The molecule has 0 aromatic heterocycles. The Kier molecular flexibility index (Phi) is 19.0. The van der Waals surface area contributed by atoms with Crippen molar-refractivity contribution in [2.75, 3.05) is 53.2 Å². The van der Waals surface area contributed by atoms with E-state index in [4.69, 9.17) is 23.7 Å². The van der Waals surface area contributed by atoms with E-state index in [2.05, 4.69) is 43.3 Å². The zero-order chi connectivity index (χ0) is 42.3. The maximum atomic E-state index is 13.5. The third-order valence-corrected chi connectivity index (χ3v) is 9.03. The first-order valence-corrected chi connectivity index (χ1v) is 19.2. The van der Waals surface area contributed by atoms with Crippen LogP contribution in [-0.4, -0.2) is 106 Å². The molecule has 2 unspecified atom stereocenters. The van der Waals surface area contributed by atoms with Crippen molar-refractivity contribution < 1.29 is 52.5 Å². The van der Waals surface area contributed by atoms with Gasteiger partial charge in [-0.05, 0) is 70.6 Å². The quantitative estimate of drug-likeness (QED) is 0.0546. The molecule has 4 amide bonds. The predicted octanol–water partition coefficient (Wildman–Crippen LogP) is 6.28. The van der Waals surface area contributed by atoms with E-state index < -0.39 is 46.5 Å². The van der Waals surface area contributed by atoms with Crippen molar-refractivity contribution in [2.45, 2.75) is 133 Å². The molecule has 1 fully saturated rings. The lowest BCUT2D eigenvalue weighted by atomic mass is 9.62. The summed E-state index contributed by atoms with van der Waals surface area (Å²) in [4.78, 5) is 75.6. The van der Waals surface area contributed by atoms with Gasteiger partial charge >= 0.3 is 36.1 Å². The van der Waals surface area contributed by atoms with Gasteiger partial charge in [0.05, 0.1) is 19.8 Å². The number of alkyl carbamates (subject to hydrolysis) is 2. The Labute approximate surface area is 328 Å². The van der Waals surface area contributed by atoms with Crippen LogP contribution in [0.1, 0.15) is 121 Å². The Morgan fingerprint density at radius 3 is 1.71 bits per heavy atom. The topological polar surface area (TPSA) is 188 Å². The summed E-state index contributed by atoms with van der Waals surface area (Å²) >= 11 is 0. The SMILES string of the molecule is C=C(C)C(=O)OCCN(C(=O)NC1CC(C)(C)CC(C)(CNC(=O)OCC(C)(C)COC(=O)CCCCC(=O)OCC(C)(C)COC(=O)NC)C1)C(C)(C)C. The molecule has 1 rings (SSSR count). The molecule has 1 aliphatic carbocycles. The van der Waals surface area contributed by atoms with Gasteiger partial charge in [-0.25, -0.2) is 19.2 Å². The van der Waals surface area contributed by atoms with Crippen molar-refractivity contribution in [1.82, 2.24) is 20.9 Å². The number of nitrogens with one attached hydrogen (secondary N) is 3. The van der Waals surface area contributed by atoms with Crippen molar-refractivity contribution in [3.63, 3.8) is 0 Å². The average Bonchev–Trinajstić information content (AvgIpc) is 3.05. The van der Waals surface area contributed by atoms with Gasteiger partial charge in [-0.2, -0.15) is 0 Å². The van der Waals surface area contributed by atoms with Gasteiger partial charge in [0, 0.05) is 54.4 Å². The monoisotopic (exact) mass is 783 g/mol. The van der Waals surface area contributed by atoms with Crippen LogP contribution in [0.15, 0.2) is 12.2 Å².